The third-order valence-corrected chi connectivity index (χ3v) is 3.35. The summed E-state index contributed by atoms with van der Waals surface area (Å²) in [7, 11) is 0. The lowest BCUT2D eigenvalue weighted by atomic mass is 10.1. The molecule has 0 radical (unpaired) electrons. The molecule has 94 valence electrons. The minimum atomic E-state index is -2.55. The number of halogens is 2. The zero-order valence-electron chi connectivity index (χ0n) is 9.35. The summed E-state index contributed by atoms with van der Waals surface area (Å²) in [5, 5.41) is 9.22. The molecule has 18 heavy (non-hydrogen) atoms. The second kappa shape index (κ2) is 4.81. The fraction of sp³-hybridized carbons (Fsp3) is 0.167. The monoisotopic (exact) mass is 269 g/mol. The molecule has 1 aromatic heterocycles. The van der Waals surface area contributed by atoms with Crippen molar-refractivity contribution in [2.45, 2.75) is 13.3 Å². The number of hydrogen-bond donors (Lipinski definition) is 1. The van der Waals surface area contributed by atoms with E-state index in [1.807, 2.05) is 0 Å². The molecule has 0 fully saturated rings. The van der Waals surface area contributed by atoms with Gasteiger partial charge in [-0.25, -0.2) is 18.6 Å². The molecule has 6 heteroatoms. The molecule has 0 spiro atoms. The average Bonchev–Trinajstić information content (AvgIpc) is 2.77. The molecule has 0 amide bonds. The Morgan fingerprint density at radius 1 is 1.39 bits per heavy atom. The molecule has 0 atom stereocenters. The molecule has 0 aliphatic carbocycles. The number of carbonyl (C=O) groups is 1. The zero-order valence-corrected chi connectivity index (χ0v) is 10.2. The summed E-state index contributed by atoms with van der Waals surface area (Å²) in [4.78, 5) is 14.8. The lowest BCUT2D eigenvalue weighted by Crippen LogP contribution is -1.89. The zero-order chi connectivity index (χ0) is 13.3. The van der Waals surface area contributed by atoms with E-state index in [1.54, 1.807) is 13.0 Å². The van der Waals surface area contributed by atoms with Gasteiger partial charge in [0.1, 0.15) is 9.88 Å². The highest BCUT2D eigenvalue weighted by atomic mass is 32.1. The number of hydrogen-bond acceptors (Lipinski definition) is 3. The second-order valence-corrected chi connectivity index (χ2v) is 4.80. The Morgan fingerprint density at radius 3 is 2.67 bits per heavy atom. The Morgan fingerprint density at radius 2 is 2.11 bits per heavy atom. The van der Waals surface area contributed by atoms with E-state index >= 15 is 0 Å². The highest BCUT2D eigenvalue weighted by Gasteiger charge is 2.13. The van der Waals surface area contributed by atoms with Crippen molar-refractivity contribution in [2.75, 3.05) is 0 Å². The predicted octanol–water partition coefficient (Wildman–Crippen LogP) is 3.75. The summed E-state index contributed by atoms with van der Waals surface area (Å²) >= 11 is 0.968. The van der Waals surface area contributed by atoms with E-state index in [0.29, 0.717) is 16.1 Å². The molecule has 3 nitrogen and oxygen atoms in total. The van der Waals surface area contributed by atoms with Crippen LogP contribution in [0.2, 0.25) is 0 Å². The molecule has 0 aliphatic heterocycles. The van der Waals surface area contributed by atoms with Gasteiger partial charge in [-0.15, -0.1) is 11.3 Å². The first-order chi connectivity index (χ1) is 8.47. The van der Waals surface area contributed by atoms with Crippen LogP contribution in [0.5, 0.6) is 0 Å². The minimum Gasteiger partial charge on any atom is -0.477 e. The molecular weight excluding hydrogens is 260 g/mol. The number of carboxylic acid groups (broad SMARTS) is 1. The Bertz CT molecular complexity index is 596. The van der Waals surface area contributed by atoms with Gasteiger partial charge in [0.05, 0.1) is 6.20 Å². The first-order valence-electron chi connectivity index (χ1n) is 5.06. The van der Waals surface area contributed by atoms with E-state index in [1.165, 1.54) is 18.3 Å². The largest absolute Gasteiger partial charge is 0.477 e. The number of alkyl halides is 2. The fourth-order valence-corrected chi connectivity index (χ4v) is 2.31. The summed E-state index contributed by atoms with van der Waals surface area (Å²) in [5.41, 5.74) is 1.12. The van der Waals surface area contributed by atoms with Crippen LogP contribution >= 0.6 is 11.3 Å². The first kappa shape index (κ1) is 12.6. The van der Waals surface area contributed by atoms with E-state index in [-0.39, 0.29) is 10.4 Å². The SMILES string of the molecule is Cc1cc(-c2ncc(C(=O)O)s2)cc(C(F)F)c1. The maximum atomic E-state index is 12.7. The lowest BCUT2D eigenvalue weighted by Gasteiger charge is -2.04. The molecule has 2 rings (SSSR count). The highest BCUT2D eigenvalue weighted by Crippen LogP contribution is 2.30. The summed E-state index contributed by atoms with van der Waals surface area (Å²) < 4.78 is 25.3. The summed E-state index contributed by atoms with van der Waals surface area (Å²) in [5.74, 6) is -1.07. The number of aromatic carboxylic acids is 1. The van der Waals surface area contributed by atoms with Crippen LogP contribution in [0.15, 0.2) is 24.4 Å². The Balaban J connectivity index is 2.46. The highest BCUT2D eigenvalue weighted by molar-refractivity contribution is 7.16. The lowest BCUT2D eigenvalue weighted by molar-refractivity contribution is 0.0702. The van der Waals surface area contributed by atoms with Crippen molar-refractivity contribution < 1.29 is 18.7 Å². The normalized spacial score (nSPS) is 10.9. The number of aryl methyl sites for hydroxylation is 1. The topological polar surface area (TPSA) is 50.2 Å². The van der Waals surface area contributed by atoms with Crippen molar-refractivity contribution in [3.63, 3.8) is 0 Å². The van der Waals surface area contributed by atoms with Crippen molar-refractivity contribution in [1.29, 1.82) is 0 Å². The third kappa shape index (κ3) is 2.53. The van der Waals surface area contributed by atoms with E-state index in [2.05, 4.69) is 4.98 Å². The van der Waals surface area contributed by atoms with Gasteiger partial charge in [0.15, 0.2) is 0 Å². The average molecular weight is 269 g/mol. The van der Waals surface area contributed by atoms with Crippen LogP contribution in [0.25, 0.3) is 10.6 Å². The van der Waals surface area contributed by atoms with Gasteiger partial charge in [-0.2, -0.15) is 0 Å². The molecule has 0 saturated heterocycles. The number of benzene rings is 1. The second-order valence-electron chi connectivity index (χ2n) is 3.77. The standard InChI is InChI=1S/C12H9F2NO2S/c1-6-2-7(10(13)14)4-8(3-6)11-15-5-9(18-11)12(16)17/h2-5,10H,1H3,(H,16,17). The maximum absolute atomic E-state index is 12.7. The fourth-order valence-electron chi connectivity index (χ4n) is 1.57. The van der Waals surface area contributed by atoms with Gasteiger partial charge < -0.3 is 5.11 Å². The molecule has 0 unspecified atom stereocenters. The van der Waals surface area contributed by atoms with Gasteiger partial charge in [-0.1, -0.05) is 6.07 Å². The van der Waals surface area contributed by atoms with Crippen LogP contribution in [0, 0.1) is 6.92 Å². The van der Waals surface area contributed by atoms with E-state index < -0.39 is 12.4 Å². The first-order valence-corrected chi connectivity index (χ1v) is 5.88. The molecule has 0 saturated carbocycles. The van der Waals surface area contributed by atoms with Crippen molar-refractivity contribution in [1.82, 2.24) is 4.98 Å². The van der Waals surface area contributed by atoms with Crippen LogP contribution in [0.4, 0.5) is 8.78 Å². The number of nitrogens with zero attached hydrogens (tertiary/aromatic N) is 1. The van der Waals surface area contributed by atoms with Gasteiger partial charge in [-0.3, -0.25) is 0 Å². The van der Waals surface area contributed by atoms with E-state index in [0.717, 1.165) is 11.3 Å². The molecule has 0 bridgehead atoms. The van der Waals surface area contributed by atoms with Gasteiger partial charge in [-0.05, 0) is 24.6 Å². The molecule has 1 aromatic carbocycles. The van der Waals surface area contributed by atoms with Crippen LogP contribution in [0.1, 0.15) is 27.2 Å². The van der Waals surface area contributed by atoms with Crippen molar-refractivity contribution in [3.8, 4) is 10.6 Å². The Labute approximate surface area is 106 Å². The predicted molar refractivity (Wildman–Crippen MR) is 64.2 cm³/mol. The summed E-state index contributed by atoms with van der Waals surface area (Å²) in [6, 6.07) is 4.44. The maximum Gasteiger partial charge on any atom is 0.347 e. The van der Waals surface area contributed by atoms with Crippen LogP contribution in [-0.4, -0.2) is 16.1 Å². The quantitative estimate of drug-likeness (QED) is 0.923. The van der Waals surface area contributed by atoms with Gasteiger partial charge in [0.25, 0.3) is 6.43 Å². The number of aromatic nitrogens is 1. The van der Waals surface area contributed by atoms with Crippen LogP contribution in [0.3, 0.4) is 0 Å². The minimum absolute atomic E-state index is 0.0860. The molecule has 1 N–H and O–H groups in total. The summed E-state index contributed by atoms with van der Waals surface area (Å²) in [6.07, 6.45) is -1.32. The molecule has 1 heterocycles. The van der Waals surface area contributed by atoms with E-state index in [4.69, 9.17) is 5.11 Å². The van der Waals surface area contributed by atoms with Crippen molar-refractivity contribution >= 4 is 17.3 Å². The van der Waals surface area contributed by atoms with Gasteiger partial charge in [0.2, 0.25) is 0 Å². The van der Waals surface area contributed by atoms with E-state index in [9.17, 15) is 13.6 Å². The number of rotatable bonds is 3. The third-order valence-electron chi connectivity index (χ3n) is 2.32. The number of carboxylic acids is 1. The molecule has 2 aromatic rings. The van der Waals surface area contributed by atoms with Crippen molar-refractivity contribution in [2.24, 2.45) is 0 Å². The smallest absolute Gasteiger partial charge is 0.347 e. The molecule has 0 aliphatic rings. The Hall–Kier alpha value is -1.82. The van der Waals surface area contributed by atoms with Gasteiger partial charge >= 0.3 is 5.97 Å². The van der Waals surface area contributed by atoms with Crippen LogP contribution in [-0.2, 0) is 0 Å². The number of thiazole rings is 1. The molecular formula is C12H9F2NO2S. The summed E-state index contributed by atoms with van der Waals surface area (Å²) in [6.45, 7) is 1.71. The van der Waals surface area contributed by atoms with Gasteiger partial charge in [0, 0.05) is 11.1 Å². The van der Waals surface area contributed by atoms with Crippen LogP contribution < -0.4 is 0 Å². The van der Waals surface area contributed by atoms with Crippen molar-refractivity contribution in [3.05, 3.63) is 40.4 Å². The Kier molecular flexibility index (Phi) is 3.38.